The van der Waals surface area contributed by atoms with Gasteiger partial charge in [0.25, 0.3) is 15.9 Å². The number of carbonyl (C=O) groups excluding carboxylic acids is 1. The fraction of sp³-hybridized carbons (Fsp3) is 0.409. The van der Waals surface area contributed by atoms with Gasteiger partial charge in [-0.3, -0.25) is 9.52 Å². The highest BCUT2D eigenvalue weighted by molar-refractivity contribution is 7.92. The third kappa shape index (κ3) is 4.73. The van der Waals surface area contributed by atoms with Gasteiger partial charge in [0.1, 0.15) is 0 Å². The van der Waals surface area contributed by atoms with E-state index in [1.54, 1.807) is 18.2 Å². The summed E-state index contributed by atoms with van der Waals surface area (Å²) in [4.78, 5) is 12.8. The van der Waals surface area contributed by atoms with Gasteiger partial charge < -0.3 is 5.32 Å². The van der Waals surface area contributed by atoms with Crippen LogP contribution in [0.1, 0.15) is 59.2 Å². The van der Waals surface area contributed by atoms with Crippen LogP contribution in [0.2, 0.25) is 0 Å². The minimum absolute atomic E-state index is 0.0881. The molecule has 150 valence electrons. The molecule has 0 bridgehead atoms. The van der Waals surface area contributed by atoms with Crippen LogP contribution in [-0.2, 0) is 10.0 Å². The number of aryl methyl sites for hydroxylation is 3. The van der Waals surface area contributed by atoms with Gasteiger partial charge in [0.15, 0.2) is 0 Å². The summed E-state index contributed by atoms with van der Waals surface area (Å²) in [5.41, 5.74) is 3.79. The molecule has 0 saturated heterocycles. The highest BCUT2D eigenvalue weighted by Gasteiger charge is 2.21. The van der Waals surface area contributed by atoms with E-state index < -0.39 is 10.0 Å². The summed E-state index contributed by atoms with van der Waals surface area (Å²) in [6, 6.07) is 10.3. The van der Waals surface area contributed by atoms with Crippen LogP contribution >= 0.6 is 0 Å². The van der Waals surface area contributed by atoms with Crippen molar-refractivity contribution < 1.29 is 13.2 Å². The first-order valence-electron chi connectivity index (χ1n) is 9.78. The molecule has 2 aromatic rings. The molecule has 1 aliphatic carbocycles. The first-order chi connectivity index (χ1) is 13.3. The number of hydrogen-bond acceptors (Lipinski definition) is 3. The SMILES string of the molecule is Cc1ccc(NS(=O)(=O)c2ccc(C)c(C(=O)NC3CCCCC3)c2)cc1C. The predicted octanol–water partition coefficient (Wildman–Crippen LogP) is 4.48. The molecule has 2 aromatic carbocycles. The molecule has 1 amide bonds. The van der Waals surface area contributed by atoms with Crippen LogP contribution in [0, 0.1) is 20.8 Å². The minimum Gasteiger partial charge on any atom is -0.349 e. The standard InChI is InChI=1S/C22H28N2O3S/c1-15-9-11-19(13-17(15)3)24-28(26,27)20-12-10-16(2)21(14-20)22(25)23-18-7-5-4-6-8-18/h9-14,18,24H,4-8H2,1-3H3,(H,23,25). The zero-order chi connectivity index (χ0) is 20.3. The van der Waals surface area contributed by atoms with E-state index in [1.165, 1.54) is 18.6 Å². The van der Waals surface area contributed by atoms with Crippen molar-refractivity contribution >= 4 is 21.6 Å². The number of rotatable bonds is 5. The van der Waals surface area contributed by atoms with E-state index in [0.29, 0.717) is 11.3 Å². The molecule has 0 unspecified atom stereocenters. The van der Waals surface area contributed by atoms with Crippen LogP contribution < -0.4 is 10.0 Å². The van der Waals surface area contributed by atoms with Crippen molar-refractivity contribution in [3.63, 3.8) is 0 Å². The van der Waals surface area contributed by atoms with E-state index in [1.807, 2.05) is 26.8 Å². The van der Waals surface area contributed by atoms with Gasteiger partial charge in [-0.15, -0.1) is 0 Å². The fourth-order valence-electron chi connectivity index (χ4n) is 3.54. The quantitative estimate of drug-likeness (QED) is 0.777. The number of amides is 1. The molecule has 3 rings (SSSR count). The summed E-state index contributed by atoms with van der Waals surface area (Å²) < 4.78 is 28.3. The zero-order valence-corrected chi connectivity index (χ0v) is 17.5. The van der Waals surface area contributed by atoms with E-state index in [-0.39, 0.29) is 16.8 Å². The van der Waals surface area contributed by atoms with Crippen LogP contribution in [0.5, 0.6) is 0 Å². The van der Waals surface area contributed by atoms with Gasteiger partial charge in [-0.2, -0.15) is 0 Å². The summed E-state index contributed by atoms with van der Waals surface area (Å²) >= 11 is 0. The second kappa shape index (κ2) is 8.35. The lowest BCUT2D eigenvalue weighted by molar-refractivity contribution is 0.0927. The van der Waals surface area contributed by atoms with Crippen molar-refractivity contribution in [3.05, 3.63) is 58.7 Å². The topological polar surface area (TPSA) is 75.3 Å². The van der Waals surface area contributed by atoms with Crippen LogP contribution in [0.3, 0.4) is 0 Å². The lowest BCUT2D eigenvalue weighted by atomic mass is 9.95. The first-order valence-corrected chi connectivity index (χ1v) is 11.3. The Morgan fingerprint density at radius 2 is 1.57 bits per heavy atom. The summed E-state index contributed by atoms with van der Waals surface area (Å²) in [5.74, 6) is -0.201. The van der Waals surface area contributed by atoms with Crippen molar-refractivity contribution in [2.45, 2.75) is 63.8 Å². The number of nitrogens with one attached hydrogen (secondary N) is 2. The maximum absolute atomic E-state index is 12.8. The number of sulfonamides is 1. The Bertz CT molecular complexity index is 977. The van der Waals surface area contributed by atoms with Crippen molar-refractivity contribution in [1.82, 2.24) is 5.32 Å². The van der Waals surface area contributed by atoms with Gasteiger partial charge in [0.2, 0.25) is 0 Å². The molecule has 0 heterocycles. The summed E-state index contributed by atoms with van der Waals surface area (Å²) in [6.45, 7) is 5.74. The zero-order valence-electron chi connectivity index (χ0n) is 16.7. The lowest BCUT2D eigenvalue weighted by Crippen LogP contribution is -2.36. The normalized spacial score (nSPS) is 15.2. The molecule has 0 spiro atoms. The first kappa shape index (κ1) is 20.4. The molecule has 5 nitrogen and oxygen atoms in total. The second-order valence-corrected chi connectivity index (χ2v) is 9.37. The Kier molecular flexibility index (Phi) is 6.08. The molecule has 1 fully saturated rings. The summed E-state index contributed by atoms with van der Waals surface area (Å²) in [7, 11) is -3.78. The lowest BCUT2D eigenvalue weighted by Gasteiger charge is -2.23. The van der Waals surface area contributed by atoms with Crippen LogP contribution in [0.15, 0.2) is 41.3 Å². The van der Waals surface area contributed by atoms with Crippen LogP contribution in [0.4, 0.5) is 5.69 Å². The van der Waals surface area contributed by atoms with Gasteiger partial charge in [-0.1, -0.05) is 31.4 Å². The maximum Gasteiger partial charge on any atom is 0.261 e. The van der Waals surface area contributed by atoms with E-state index >= 15 is 0 Å². The molecule has 1 aliphatic rings. The highest BCUT2D eigenvalue weighted by Crippen LogP contribution is 2.22. The molecular weight excluding hydrogens is 372 g/mol. The van der Waals surface area contributed by atoms with E-state index in [0.717, 1.165) is 42.4 Å². The van der Waals surface area contributed by atoms with Gasteiger partial charge in [-0.25, -0.2) is 8.42 Å². The van der Waals surface area contributed by atoms with Crippen molar-refractivity contribution in [1.29, 1.82) is 0 Å². The number of benzene rings is 2. The molecule has 0 aromatic heterocycles. The number of carbonyl (C=O) groups is 1. The minimum atomic E-state index is -3.78. The van der Waals surface area contributed by atoms with Crippen molar-refractivity contribution in [2.24, 2.45) is 0 Å². The van der Waals surface area contributed by atoms with Gasteiger partial charge in [0.05, 0.1) is 4.90 Å². The second-order valence-electron chi connectivity index (χ2n) is 7.69. The highest BCUT2D eigenvalue weighted by atomic mass is 32.2. The molecular formula is C22H28N2O3S. The van der Waals surface area contributed by atoms with Crippen LogP contribution in [0.25, 0.3) is 0 Å². The van der Waals surface area contributed by atoms with Gasteiger partial charge in [0, 0.05) is 17.3 Å². The Morgan fingerprint density at radius 3 is 2.25 bits per heavy atom. The van der Waals surface area contributed by atoms with Crippen molar-refractivity contribution in [2.75, 3.05) is 4.72 Å². The summed E-state index contributed by atoms with van der Waals surface area (Å²) in [6.07, 6.45) is 5.42. The maximum atomic E-state index is 12.8. The third-order valence-electron chi connectivity index (χ3n) is 5.46. The molecule has 0 aliphatic heterocycles. The molecule has 6 heteroatoms. The monoisotopic (exact) mass is 400 g/mol. The number of anilines is 1. The average molecular weight is 401 g/mol. The Hall–Kier alpha value is -2.34. The average Bonchev–Trinajstić information content (AvgIpc) is 2.65. The van der Waals surface area contributed by atoms with E-state index in [9.17, 15) is 13.2 Å². The Balaban J connectivity index is 1.82. The Labute approximate surface area is 167 Å². The number of hydrogen-bond donors (Lipinski definition) is 2. The fourth-order valence-corrected chi connectivity index (χ4v) is 4.62. The Morgan fingerprint density at radius 1 is 0.893 bits per heavy atom. The summed E-state index contributed by atoms with van der Waals surface area (Å²) in [5, 5.41) is 3.06. The predicted molar refractivity (Wildman–Crippen MR) is 112 cm³/mol. The molecule has 1 saturated carbocycles. The van der Waals surface area contributed by atoms with Gasteiger partial charge >= 0.3 is 0 Å². The van der Waals surface area contributed by atoms with E-state index in [2.05, 4.69) is 10.0 Å². The molecule has 2 N–H and O–H groups in total. The molecule has 0 atom stereocenters. The van der Waals surface area contributed by atoms with E-state index in [4.69, 9.17) is 0 Å². The van der Waals surface area contributed by atoms with Gasteiger partial charge in [-0.05, 0) is 74.6 Å². The molecule has 0 radical (unpaired) electrons. The van der Waals surface area contributed by atoms with Crippen LogP contribution in [-0.4, -0.2) is 20.4 Å². The van der Waals surface area contributed by atoms with Crippen molar-refractivity contribution in [3.8, 4) is 0 Å². The molecule has 28 heavy (non-hydrogen) atoms. The largest absolute Gasteiger partial charge is 0.349 e. The smallest absolute Gasteiger partial charge is 0.261 e. The third-order valence-corrected chi connectivity index (χ3v) is 6.84.